The predicted molar refractivity (Wildman–Crippen MR) is 71.1 cm³/mol. The first kappa shape index (κ1) is 12.9. The molecule has 1 aliphatic rings. The Labute approximate surface area is 118 Å². The highest BCUT2D eigenvalue weighted by molar-refractivity contribution is 6.32. The van der Waals surface area contributed by atoms with Crippen LogP contribution in [0.5, 0.6) is 11.5 Å². The highest BCUT2D eigenvalue weighted by Crippen LogP contribution is 2.41. The molecule has 2 heterocycles. The molecule has 0 atom stereocenters. The third-order valence-corrected chi connectivity index (χ3v) is 3.12. The van der Waals surface area contributed by atoms with Gasteiger partial charge >= 0.3 is 0 Å². The van der Waals surface area contributed by atoms with Crippen LogP contribution in [0.25, 0.3) is 11.4 Å². The molecule has 2 aromatic rings. The summed E-state index contributed by atoms with van der Waals surface area (Å²) in [6.07, 6.45) is 0. The number of benzene rings is 1. The number of nitrogens with two attached hydrogens (primary N) is 1. The maximum Gasteiger partial charge on any atom is 0.231 e. The lowest BCUT2D eigenvalue weighted by atomic mass is 10.2. The fourth-order valence-electron chi connectivity index (χ4n) is 1.88. The van der Waals surface area contributed by atoms with Crippen molar-refractivity contribution in [1.29, 1.82) is 0 Å². The van der Waals surface area contributed by atoms with Crippen molar-refractivity contribution in [2.24, 2.45) is 5.84 Å². The van der Waals surface area contributed by atoms with Gasteiger partial charge in [-0.15, -0.1) is 0 Å². The molecular weight excluding hydrogens is 287 g/mol. The van der Waals surface area contributed by atoms with Crippen molar-refractivity contribution in [3.63, 3.8) is 0 Å². The van der Waals surface area contributed by atoms with Crippen molar-refractivity contribution in [3.05, 3.63) is 28.7 Å². The topological polar surface area (TPSA) is 82.3 Å². The van der Waals surface area contributed by atoms with E-state index in [0.29, 0.717) is 22.1 Å². The molecule has 0 radical (unpaired) electrons. The van der Waals surface area contributed by atoms with Crippen molar-refractivity contribution in [2.75, 3.05) is 12.2 Å². The van der Waals surface area contributed by atoms with Crippen LogP contribution in [0.15, 0.2) is 12.1 Å². The van der Waals surface area contributed by atoms with Gasteiger partial charge < -0.3 is 14.9 Å². The molecule has 0 saturated carbocycles. The van der Waals surface area contributed by atoms with Gasteiger partial charge in [0.1, 0.15) is 0 Å². The molecule has 1 aromatic carbocycles. The summed E-state index contributed by atoms with van der Waals surface area (Å²) >= 11 is 6.09. The van der Waals surface area contributed by atoms with Crippen molar-refractivity contribution in [1.82, 2.24) is 9.97 Å². The smallest absolute Gasteiger partial charge is 0.231 e. The maximum atomic E-state index is 13.7. The summed E-state index contributed by atoms with van der Waals surface area (Å²) in [4.78, 5) is 8.09. The Morgan fingerprint density at radius 1 is 1.35 bits per heavy atom. The number of hydrogen-bond acceptors (Lipinski definition) is 6. The summed E-state index contributed by atoms with van der Waals surface area (Å²) in [5, 5.41) is 0.378. The number of aromatic nitrogens is 2. The van der Waals surface area contributed by atoms with Gasteiger partial charge in [0.2, 0.25) is 6.79 Å². The Bertz CT molecular complexity index is 687. The number of hydrogen-bond donors (Lipinski definition) is 2. The zero-order valence-electron chi connectivity index (χ0n) is 10.4. The molecule has 0 fully saturated rings. The number of nitrogens with one attached hydrogen (secondary N) is 1. The number of hydrazine groups is 1. The molecule has 1 aromatic heterocycles. The molecule has 1 aliphatic heterocycles. The van der Waals surface area contributed by atoms with Crippen LogP contribution in [-0.2, 0) is 0 Å². The van der Waals surface area contributed by atoms with E-state index in [0.717, 1.165) is 0 Å². The summed E-state index contributed by atoms with van der Waals surface area (Å²) in [5.74, 6) is 5.83. The normalized spacial score (nSPS) is 12.6. The van der Waals surface area contributed by atoms with Gasteiger partial charge in [0, 0.05) is 5.56 Å². The monoisotopic (exact) mass is 296 g/mol. The second-order valence-corrected chi connectivity index (χ2v) is 4.54. The van der Waals surface area contributed by atoms with Crippen LogP contribution in [0.4, 0.5) is 10.2 Å². The summed E-state index contributed by atoms with van der Waals surface area (Å²) < 4.78 is 24.2. The average Bonchev–Trinajstić information content (AvgIpc) is 2.90. The Hall–Kier alpha value is -2.12. The first-order chi connectivity index (χ1) is 9.60. The number of ether oxygens (including phenoxy) is 2. The van der Waals surface area contributed by atoms with E-state index >= 15 is 0 Å². The quantitative estimate of drug-likeness (QED) is 0.653. The predicted octanol–water partition coefficient (Wildman–Crippen LogP) is 2.26. The molecule has 0 saturated heterocycles. The highest BCUT2D eigenvalue weighted by atomic mass is 35.5. The van der Waals surface area contributed by atoms with Crippen molar-refractivity contribution in [2.45, 2.75) is 6.92 Å². The third kappa shape index (κ3) is 2.00. The van der Waals surface area contributed by atoms with Gasteiger partial charge in [-0.2, -0.15) is 0 Å². The minimum atomic E-state index is -0.594. The second kappa shape index (κ2) is 4.77. The molecule has 0 aliphatic carbocycles. The fourth-order valence-corrected chi connectivity index (χ4v) is 2.15. The number of halogens is 2. The number of rotatable bonds is 2. The standard InChI is InChI=1S/C12H10ClFN4O2/c1-5-9(14)12(18-15)17-11(16-5)6-2-7(13)10-8(3-6)19-4-20-10/h2-3H,4,15H2,1H3,(H,16,17,18). The summed E-state index contributed by atoms with van der Waals surface area (Å²) in [6.45, 7) is 1.63. The Morgan fingerprint density at radius 2 is 2.15 bits per heavy atom. The fraction of sp³-hybridized carbons (Fsp3) is 0.167. The lowest BCUT2D eigenvalue weighted by molar-refractivity contribution is 0.174. The zero-order valence-corrected chi connectivity index (χ0v) is 11.2. The highest BCUT2D eigenvalue weighted by Gasteiger charge is 2.20. The van der Waals surface area contributed by atoms with Crippen LogP contribution in [0, 0.1) is 12.7 Å². The number of nitrogen functional groups attached to an aromatic ring is 1. The van der Waals surface area contributed by atoms with E-state index in [2.05, 4.69) is 15.4 Å². The number of fused-ring (bicyclic) bond motifs is 1. The van der Waals surface area contributed by atoms with E-state index in [1.54, 1.807) is 12.1 Å². The minimum Gasteiger partial charge on any atom is -0.454 e. The molecular formula is C12H10ClFN4O2. The first-order valence-corrected chi connectivity index (χ1v) is 6.08. The summed E-state index contributed by atoms with van der Waals surface area (Å²) in [6, 6.07) is 3.31. The van der Waals surface area contributed by atoms with Crippen LogP contribution in [-0.4, -0.2) is 16.8 Å². The molecule has 0 spiro atoms. The molecule has 3 N–H and O–H groups in total. The minimum absolute atomic E-state index is 0.0821. The number of nitrogens with zero attached hydrogens (tertiary/aromatic N) is 2. The van der Waals surface area contributed by atoms with Gasteiger partial charge in [0.05, 0.1) is 10.7 Å². The molecule has 3 rings (SSSR count). The molecule has 0 bridgehead atoms. The van der Waals surface area contributed by atoms with E-state index in [-0.39, 0.29) is 24.1 Å². The Balaban J connectivity index is 2.14. The largest absolute Gasteiger partial charge is 0.454 e. The van der Waals surface area contributed by atoms with Gasteiger partial charge in [-0.25, -0.2) is 20.2 Å². The molecule has 8 heteroatoms. The van der Waals surface area contributed by atoms with E-state index in [1.165, 1.54) is 6.92 Å². The SMILES string of the molecule is Cc1nc(-c2cc(Cl)c3c(c2)OCO3)nc(NN)c1F. The maximum absolute atomic E-state index is 13.7. The molecule has 0 unspecified atom stereocenters. The summed E-state index contributed by atoms with van der Waals surface area (Å²) in [7, 11) is 0. The molecule has 104 valence electrons. The third-order valence-electron chi connectivity index (χ3n) is 2.84. The zero-order chi connectivity index (χ0) is 14.3. The van der Waals surface area contributed by atoms with Crippen LogP contribution >= 0.6 is 11.6 Å². The van der Waals surface area contributed by atoms with Crippen molar-refractivity contribution < 1.29 is 13.9 Å². The van der Waals surface area contributed by atoms with E-state index in [4.69, 9.17) is 26.9 Å². The van der Waals surface area contributed by atoms with Gasteiger partial charge in [-0.3, -0.25) is 0 Å². The average molecular weight is 297 g/mol. The van der Waals surface area contributed by atoms with Crippen molar-refractivity contribution >= 4 is 17.4 Å². The van der Waals surface area contributed by atoms with Crippen molar-refractivity contribution in [3.8, 4) is 22.9 Å². The van der Waals surface area contributed by atoms with Gasteiger partial charge in [0.15, 0.2) is 29.0 Å². The van der Waals surface area contributed by atoms with Gasteiger partial charge in [-0.05, 0) is 19.1 Å². The lowest BCUT2D eigenvalue weighted by Crippen LogP contribution is -2.13. The second-order valence-electron chi connectivity index (χ2n) is 4.13. The molecule has 0 amide bonds. The van der Waals surface area contributed by atoms with Crippen LogP contribution in [0.1, 0.15) is 5.69 Å². The van der Waals surface area contributed by atoms with E-state index in [9.17, 15) is 4.39 Å². The summed E-state index contributed by atoms with van der Waals surface area (Å²) in [5.41, 5.74) is 2.96. The lowest BCUT2D eigenvalue weighted by Gasteiger charge is -2.08. The van der Waals surface area contributed by atoms with E-state index in [1.807, 2.05) is 0 Å². The van der Waals surface area contributed by atoms with Crippen LogP contribution < -0.4 is 20.7 Å². The van der Waals surface area contributed by atoms with Crippen LogP contribution in [0.2, 0.25) is 5.02 Å². The van der Waals surface area contributed by atoms with E-state index < -0.39 is 5.82 Å². The number of anilines is 1. The van der Waals surface area contributed by atoms with Crippen LogP contribution in [0.3, 0.4) is 0 Å². The van der Waals surface area contributed by atoms with Gasteiger partial charge in [0.25, 0.3) is 0 Å². The van der Waals surface area contributed by atoms with Gasteiger partial charge in [-0.1, -0.05) is 11.6 Å². The molecule has 6 nitrogen and oxygen atoms in total. The molecule has 20 heavy (non-hydrogen) atoms. The number of aryl methyl sites for hydroxylation is 1. The Morgan fingerprint density at radius 3 is 2.90 bits per heavy atom. The first-order valence-electron chi connectivity index (χ1n) is 5.70. The Kier molecular flexibility index (Phi) is 3.07.